The van der Waals surface area contributed by atoms with Gasteiger partial charge in [-0.2, -0.15) is 0 Å². The van der Waals surface area contributed by atoms with Gasteiger partial charge in [0.15, 0.2) is 0 Å². The maximum absolute atomic E-state index is 13.0. The molecule has 21 heavy (non-hydrogen) atoms. The highest BCUT2D eigenvalue weighted by molar-refractivity contribution is 7.89. The minimum absolute atomic E-state index is 0.111. The van der Waals surface area contributed by atoms with Gasteiger partial charge in [-0.15, -0.1) is 0 Å². The summed E-state index contributed by atoms with van der Waals surface area (Å²) in [7, 11) is -3.80. The normalized spacial score (nSPS) is 18.6. The number of benzene rings is 1. The van der Waals surface area contributed by atoms with E-state index in [9.17, 15) is 12.8 Å². The van der Waals surface area contributed by atoms with Crippen LogP contribution in [0.25, 0.3) is 0 Å². The zero-order valence-corrected chi connectivity index (χ0v) is 13.3. The van der Waals surface area contributed by atoms with E-state index in [1.54, 1.807) is 0 Å². The summed E-state index contributed by atoms with van der Waals surface area (Å²) in [6.45, 7) is 0.239. The van der Waals surface area contributed by atoms with Gasteiger partial charge >= 0.3 is 0 Å². The fourth-order valence-electron chi connectivity index (χ4n) is 2.83. The molecule has 0 amide bonds. The zero-order chi connectivity index (χ0) is 15.5. The van der Waals surface area contributed by atoms with Gasteiger partial charge in [-0.25, -0.2) is 17.5 Å². The molecule has 1 aromatic carbocycles. The Morgan fingerprint density at radius 3 is 2.57 bits per heavy atom. The maximum atomic E-state index is 13.0. The van der Waals surface area contributed by atoms with Gasteiger partial charge in [-0.1, -0.05) is 30.9 Å². The molecule has 0 spiro atoms. The first-order valence-electron chi connectivity index (χ1n) is 7.11. The highest BCUT2D eigenvalue weighted by atomic mass is 35.5. The first-order valence-corrected chi connectivity index (χ1v) is 8.97. The Kier molecular flexibility index (Phi) is 5.60. The van der Waals surface area contributed by atoms with Gasteiger partial charge in [0.1, 0.15) is 10.7 Å². The summed E-state index contributed by atoms with van der Waals surface area (Å²) in [5.41, 5.74) is 5.73. The van der Waals surface area contributed by atoms with Crippen LogP contribution < -0.4 is 10.5 Å². The second kappa shape index (κ2) is 7.05. The highest BCUT2D eigenvalue weighted by Crippen LogP contribution is 2.28. The third kappa shape index (κ3) is 4.16. The standard InChI is InChI=1S/C14H20ClFN2O2S/c15-12-8-11(16)6-7-14(12)21(19,20)18-13(9-17)10-4-2-1-3-5-10/h6-8,10,13,18H,1-5,9,17H2. The third-order valence-electron chi connectivity index (χ3n) is 3.96. The minimum atomic E-state index is -3.80. The van der Waals surface area contributed by atoms with Crippen molar-refractivity contribution in [2.45, 2.75) is 43.0 Å². The fourth-order valence-corrected chi connectivity index (χ4v) is 4.68. The summed E-state index contributed by atoms with van der Waals surface area (Å²) < 4.78 is 40.5. The molecular weight excluding hydrogens is 315 g/mol. The Hall–Kier alpha value is -0.690. The summed E-state index contributed by atoms with van der Waals surface area (Å²) in [5.74, 6) is -0.320. The Morgan fingerprint density at radius 2 is 2.00 bits per heavy atom. The van der Waals surface area contributed by atoms with Gasteiger partial charge in [-0.05, 0) is 37.0 Å². The predicted molar refractivity (Wildman–Crippen MR) is 81.1 cm³/mol. The van der Waals surface area contributed by atoms with Gasteiger partial charge < -0.3 is 5.73 Å². The lowest BCUT2D eigenvalue weighted by atomic mass is 9.84. The Bertz CT molecular complexity index is 589. The van der Waals surface area contributed by atoms with Crippen LogP contribution in [0.3, 0.4) is 0 Å². The van der Waals surface area contributed by atoms with Crippen molar-refractivity contribution < 1.29 is 12.8 Å². The molecule has 1 aliphatic carbocycles. The van der Waals surface area contributed by atoms with Crippen molar-refractivity contribution >= 4 is 21.6 Å². The number of sulfonamides is 1. The van der Waals surface area contributed by atoms with Crippen LogP contribution in [0.15, 0.2) is 23.1 Å². The van der Waals surface area contributed by atoms with Gasteiger partial charge in [0, 0.05) is 12.6 Å². The highest BCUT2D eigenvalue weighted by Gasteiger charge is 2.28. The number of rotatable bonds is 5. The van der Waals surface area contributed by atoms with Crippen molar-refractivity contribution in [2.75, 3.05) is 6.54 Å². The molecule has 2 rings (SSSR count). The lowest BCUT2D eigenvalue weighted by Crippen LogP contribution is -2.45. The Labute approximate surface area is 129 Å². The van der Waals surface area contributed by atoms with Crippen molar-refractivity contribution in [3.63, 3.8) is 0 Å². The number of hydrogen-bond acceptors (Lipinski definition) is 3. The van der Waals surface area contributed by atoms with Gasteiger partial charge in [0.25, 0.3) is 0 Å². The third-order valence-corrected chi connectivity index (χ3v) is 5.94. The van der Waals surface area contributed by atoms with Crippen LogP contribution in [0.4, 0.5) is 4.39 Å². The van der Waals surface area contributed by atoms with E-state index in [2.05, 4.69) is 4.72 Å². The van der Waals surface area contributed by atoms with E-state index in [0.717, 1.165) is 37.8 Å². The van der Waals surface area contributed by atoms with Gasteiger partial charge in [-0.3, -0.25) is 0 Å². The van der Waals surface area contributed by atoms with E-state index >= 15 is 0 Å². The van der Waals surface area contributed by atoms with Crippen LogP contribution in [-0.2, 0) is 10.0 Å². The first kappa shape index (κ1) is 16.7. The summed E-state index contributed by atoms with van der Waals surface area (Å²) in [5, 5.41) is -0.123. The quantitative estimate of drug-likeness (QED) is 0.869. The minimum Gasteiger partial charge on any atom is -0.329 e. The molecule has 0 radical (unpaired) electrons. The van der Waals surface area contributed by atoms with Crippen molar-refractivity contribution in [3.8, 4) is 0 Å². The second-order valence-electron chi connectivity index (χ2n) is 5.44. The molecule has 118 valence electrons. The van der Waals surface area contributed by atoms with Crippen molar-refractivity contribution in [3.05, 3.63) is 29.0 Å². The molecule has 4 nitrogen and oxygen atoms in total. The van der Waals surface area contributed by atoms with E-state index in [1.165, 1.54) is 12.5 Å². The van der Waals surface area contributed by atoms with Gasteiger partial charge in [0.2, 0.25) is 10.0 Å². The van der Waals surface area contributed by atoms with Gasteiger partial charge in [0.05, 0.1) is 5.02 Å². The molecular formula is C14H20ClFN2O2S. The van der Waals surface area contributed by atoms with E-state index < -0.39 is 15.8 Å². The molecule has 1 atom stereocenters. The molecule has 0 aromatic heterocycles. The second-order valence-corrected chi connectivity index (χ2v) is 7.53. The van der Waals surface area contributed by atoms with E-state index in [4.69, 9.17) is 17.3 Å². The van der Waals surface area contributed by atoms with Crippen LogP contribution in [0, 0.1) is 11.7 Å². The lowest BCUT2D eigenvalue weighted by Gasteiger charge is -2.29. The molecule has 7 heteroatoms. The Morgan fingerprint density at radius 1 is 1.33 bits per heavy atom. The lowest BCUT2D eigenvalue weighted by molar-refractivity contribution is 0.294. The molecule has 1 unspecified atom stereocenters. The molecule has 3 N–H and O–H groups in total. The van der Waals surface area contributed by atoms with Crippen LogP contribution in [0.1, 0.15) is 32.1 Å². The van der Waals surface area contributed by atoms with Crippen molar-refractivity contribution in [1.82, 2.24) is 4.72 Å². The molecule has 0 saturated heterocycles. The monoisotopic (exact) mass is 334 g/mol. The summed E-state index contributed by atoms with van der Waals surface area (Å²) in [6, 6.07) is 2.94. The van der Waals surface area contributed by atoms with Crippen molar-refractivity contribution in [2.24, 2.45) is 11.7 Å². The number of nitrogens with two attached hydrogens (primary N) is 1. The Balaban J connectivity index is 2.18. The largest absolute Gasteiger partial charge is 0.329 e. The van der Waals surface area contributed by atoms with Crippen LogP contribution in [-0.4, -0.2) is 21.0 Å². The molecule has 1 aromatic rings. The maximum Gasteiger partial charge on any atom is 0.242 e. The average Bonchev–Trinajstić information content (AvgIpc) is 2.45. The van der Waals surface area contributed by atoms with E-state index in [-0.39, 0.29) is 28.4 Å². The van der Waals surface area contributed by atoms with E-state index in [0.29, 0.717) is 0 Å². The molecule has 1 aliphatic rings. The topological polar surface area (TPSA) is 72.2 Å². The smallest absolute Gasteiger partial charge is 0.242 e. The molecule has 0 bridgehead atoms. The van der Waals surface area contributed by atoms with Crippen LogP contribution in [0.5, 0.6) is 0 Å². The van der Waals surface area contributed by atoms with Crippen LogP contribution in [0.2, 0.25) is 5.02 Å². The fraction of sp³-hybridized carbons (Fsp3) is 0.571. The molecule has 0 aliphatic heterocycles. The van der Waals surface area contributed by atoms with E-state index in [1.807, 2.05) is 0 Å². The van der Waals surface area contributed by atoms with Crippen molar-refractivity contribution in [1.29, 1.82) is 0 Å². The number of halogens is 2. The van der Waals surface area contributed by atoms with Crippen LogP contribution >= 0.6 is 11.6 Å². The molecule has 1 fully saturated rings. The number of nitrogens with one attached hydrogen (secondary N) is 1. The SMILES string of the molecule is NCC(NS(=O)(=O)c1ccc(F)cc1Cl)C1CCCCC1. The summed E-state index contributed by atoms with van der Waals surface area (Å²) in [6.07, 6.45) is 5.33. The summed E-state index contributed by atoms with van der Waals surface area (Å²) >= 11 is 5.84. The molecule has 1 saturated carbocycles. The predicted octanol–water partition coefficient (Wildman–Crippen LogP) is 2.67. The number of hydrogen-bond donors (Lipinski definition) is 2. The summed E-state index contributed by atoms with van der Waals surface area (Å²) in [4.78, 5) is -0.111. The zero-order valence-electron chi connectivity index (χ0n) is 11.7. The average molecular weight is 335 g/mol. The molecule has 0 heterocycles. The first-order chi connectivity index (χ1) is 9.94.